The Morgan fingerprint density at radius 3 is 2.75 bits per heavy atom. The zero-order valence-electron chi connectivity index (χ0n) is 7.37. The molecule has 0 unspecified atom stereocenters. The van der Waals surface area contributed by atoms with Crippen molar-refractivity contribution in [3.63, 3.8) is 0 Å². The molecule has 0 aliphatic rings. The maximum absolute atomic E-state index is 4.29. The first-order valence-corrected chi connectivity index (χ1v) is 3.81. The van der Waals surface area contributed by atoms with Gasteiger partial charge >= 0.3 is 0 Å². The van der Waals surface area contributed by atoms with Gasteiger partial charge in [-0.1, -0.05) is 0 Å². The average Bonchev–Trinajstić information content (AvgIpc) is 2.31. The van der Waals surface area contributed by atoms with Gasteiger partial charge in [0.1, 0.15) is 17.2 Å². The van der Waals surface area contributed by atoms with E-state index in [1.807, 2.05) is 25.5 Å². The predicted octanol–water partition coefficient (Wildman–Crippen LogP) is 0.980. The van der Waals surface area contributed by atoms with E-state index in [1.54, 1.807) is 6.20 Å². The minimum absolute atomic E-state index is 0.783. The van der Waals surface area contributed by atoms with Crippen LogP contribution in [0.5, 0.6) is 0 Å². The normalized spacial score (nSPS) is 10.9. The summed E-state index contributed by atoms with van der Waals surface area (Å²) in [6, 6.07) is 0. The lowest BCUT2D eigenvalue weighted by Crippen LogP contribution is -1.94. The molecule has 62 valence electrons. The Balaban J connectivity index is 2.88. The Morgan fingerprint density at radius 2 is 2.00 bits per heavy atom. The van der Waals surface area contributed by atoms with E-state index in [-0.39, 0.29) is 0 Å². The van der Waals surface area contributed by atoms with E-state index in [2.05, 4.69) is 15.0 Å². The van der Waals surface area contributed by atoms with Crippen LogP contribution in [0, 0.1) is 13.8 Å². The van der Waals surface area contributed by atoms with E-state index in [9.17, 15) is 0 Å². The number of nitrogens with zero attached hydrogens (tertiary/aromatic N) is 4. The molecule has 0 saturated heterocycles. The molecular formula is C8H10N4. The van der Waals surface area contributed by atoms with Gasteiger partial charge in [0.05, 0.1) is 6.20 Å². The quantitative estimate of drug-likeness (QED) is 0.580. The van der Waals surface area contributed by atoms with Crippen molar-refractivity contribution in [3.05, 3.63) is 17.8 Å². The summed E-state index contributed by atoms with van der Waals surface area (Å²) in [7, 11) is 1.96. The van der Waals surface area contributed by atoms with Gasteiger partial charge in [0.2, 0.25) is 0 Å². The van der Waals surface area contributed by atoms with E-state index in [0.717, 1.165) is 22.8 Å². The Bertz CT molecular complexity index is 430. The molecule has 0 spiro atoms. The highest BCUT2D eigenvalue weighted by atomic mass is 15.1. The molecule has 0 saturated carbocycles. The van der Waals surface area contributed by atoms with Crippen molar-refractivity contribution in [1.29, 1.82) is 0 Å². The molecule has 0 bridgehead atoms. The fourth-order valence-corrected chi connectivity index (χ4v) is 1.18. The third-order valence-corrected chi connectivity index (χ3v) is 1.96. The van der Waals surface area contributed by atoms with Crippen molar-refractivity contribution in [2.45, 2.75) is 13.8 Å². The Morgan fingerprint density at radius 1 is 1.25 bits per heavy atom. The van der Waals surface area contributed by atoms with Crippen LogP contribution in [0.4, 0.5) is 0 Å². The summed E-state index contributed by atoms with van der Waals surface area (Å²) >= 11 is 0. The lowest BCUT2D eigenvalue weighted by molar-refractivity contribution is 0.869. The molecular weight excluding hydrogens is 152 g/mol. The van der Waals surface area contributed by atoms with E-state index < -0.39 is 0 Å². The number of hydrogen-bond donors (Lipinski definition) is 0. The van der Waals surface area contributed by atoms with Gasteiger partial charge < -0.3 is 4.57 Å². The predicted molar refractivity (Wildman–Crippen MR) is 45.8 cm³/mol. The van der Waals surface area contributed by atoms with Crippen LogP contribution in [0.1, 0.15) is 11.6 Å². The number of aromatic nitrogens is 4. The van der Waals surface area contributed by atoms with Crippen LogP contribution in [0.25, 0.3) is 11.2 Å². The second kappa shape index (κ2) is 2.27. The lowest BCUT2D eigenvalue weighted by atomic mass is 10.5. The number of rotatable bonds is 0. The SMILES string of the molecule is Cc1ncc2nc(C)n(C)c2n1. The summed E-state index contributed by atoms with van der Waals surface area (Å²) in [5, 5.41) is 0. The fourth-order valence-electron chi connectivity index (χ4n) is 1.18. The van der Waals surface area contributed by atoms with Gasteiger partial charge in [-0.2, -0.15) is 0 Å². The molecule has 0 aliphatic carbocycles. The van der Waals surface area contributed by atoms with Gasteiger partial charge in [0.25, 0.3) is 0 Å². The molecule has 2 heterocycles. The zero-order valence-corrected chi connectivity index (χ0v) is 7.37. The maximum Gasteiger partial charge on any atom is 0.163 e. The summed E-state index contributed by atoms with van der Waals surface area (Å²) in [6.07, 6.45) is 1.75. The standard InChI is InChI=1S/C8H10N4/c1-5-9-4-7-8(10-5)12(3)6(2)11-7/h4H,1-3H3. The zero-order chi connectivity index (χ0) is 8.72. The number of imidazole rings is 1. The molecule has 4 nitrogen and oxygen atoms in total. The van der Waals surface area contributed by atoms with Crippen LogP contribution < -0.4 is 0 Å². The van der Waals surface area contributed by atoms with Crippen molar-refractivity contribution >= 4 is 11.2 Å². The van der Waals surface area contributed by atoms with Crippen LogP contribution in [0.15, 0.2) is 6.20 Å². The van der Waals surface area contributed by atoms with Gasteiger partial charge in [-0.05, 0) is 13.8 Å². The highest BCUT2D eigenvalue weighted by Gasteiger charge is 2.04. The van der Waals surface area contributed by atoms with E-state index in [4.69, 9.17) is 0 Å². The van der Waals surface area contributed by atoms with Gasteiger partial charge in [0.15, 0.2) is 5.65 Å². The second-order valence-corrected chi connectivity index (χ2v) is 2.84. The molecule has 4 heteroatoms. The number of hydrogen-bond acceptors (Lipinski definition) is 3. The first-order chi connectivity index (χ1) is 5.68. The van der Waals surface area contributed by atoms with E-state index in [1.165, 1.54) is 0 Å². The summed E-state index contributed by atoms with van der Waals surface area (Å²) in [6.45, 7) is 3.83. The minimum atomic E-state index is 0.783. The minimum Gasteiger partial charge on any atom is -0.316 e. The van der Waals surface area contributed by atoms with Gasteiger partial charge in [-0.3, -0.25) is 0 Å². The van der Waals surface area contributed by atoms with Crippen molar-refractivity contribution in [2.24, 2.45) is 7.05 Å². The highest BCUT2D eigenvalue weighted by Crippen LogP contribution is 2.09. The first-order valence-electron chi connectivity index (χ1n) is 3.81. The molecule has 2 aromatic rings. The Labute approximate surface area is 70.3 Å². The van der Waals surface area contributed by atoms with E-state index >= 15 is 0 Å². The van der Waals surface area contributed by atoms with Gasteiger partial charge in [0, 0.05) is 7.05 Å². The largest absolute Gasteiger partial charge is 0.316 e. The summed E-state index contributed by atoms with van der Waals surface area (Å²) in [4.78, 5) is 12.7. The van der Waals surface area contributed by atoms with Crippen molar-refractivity contribution < 1.29 is 0 Å². The van der Waals surface area contributed by atoms with Crippen molar-refractivity contribution in [3.8, 4) is 0 Å². The van der Waals surface area contributed by atoms with Crippen molar-refractivity contribution in [1.82, 2.24) is 19.5 Å². The molecule has 0 aromatic carbocycles. The summed E-state index contributed by atoms with van der Waals surface area (Å²) in [5.74, 6) is 1.75. The first kappa shape index (κ1) is 7.21. The van der Waals surface area contributed by atoms with E-state index in [0.29, 0.717) is 0 Å². The molecule has 0 atom stereocenters. The van der Waals surface area contributed by atoms with Gasteiger partial charge in [-0.25, -0.2) is 15.0 Å². The topological polar surface area (TPSA) is 43.6 Å². The fraction of sp³-hybridized carbons (Fsp3) is 0.375. The molecule has 0 radical (unpaired) electrons. The summed E-state index contributed by atoms with van der Waals surface area (Å²) in [5.41, 5.74) is 1.76. The molecule has 0 amide bonds. The average molecular weight is 162 g/mol. The third-order valence-electron chi connectivity index (χ3n) is 1.96. The smallest absolute Gasteiger partial charge is 0.163 e. The molecule has 12 heavy (non-hydrogen) atoms. The Hall–Kier alpha value is -1.45. The lowest BCUT2D eigenvalue weighted by Gasteiger charge is -1.95. The molecule has 0 fully saturated rings. The highest BCUT2D eigenvalue weighted by molar-refractivity contribution is 5.70. The van der Waals surface area contributed by atoms with Crippen LogP contribution >= 0.6 is 0 Å². The van der Waals surface area contributed by atoms with Crippen LogP contribution in [-0.4, -0.2) is 19.5 Å². The molecule has 0 N–H and O–H groups in total. The molecule has 2 aromatic heterocycles. The second-order valence-electron chi connectivity index (χ2n) is 2.84. The van der Waals surface area contributed by atoms with Crippen LogP contribution in [0.3, 0.4) is 0 Å². The van der Waals surface area contributed by atoms with Gasteiger partial charge in [-0.15, -0.1) is 0 Å². The monoisotopic (exact) mass is 162 g/mol. The van der Waals surface area contributed by atoms with Crippen LogP contribution in [-0.2, 0) is 7.05 Å². The number of fused-ring (bicyclic) bond motifs is 1. The number of aryl methyl sites for hydroxylation is 3. The Kier molecular flexibility index (Phi) is 1.36. The maximum atomic E-state index is 4.29. The molecule has 2 rings (SSSR count). The summed E-state index contributed by atoms with van der Waals surface area (Å²) < 4.78 is 1.96. The molecule has 0 aliphatic heterocycles. The third kappa shape index (κ3) is 0.879. The van der Waals surface area contributed by atoms with Crippen LogP contribution in [0.2, 0.25) is 0 Å². The van der Waals surface area contributed by atoms with Crippen molar-refractivity contribution in [2.75, 3.05) is 0 Å².